The number of hydrogen-bond acceptors (Lipinski definition) is 7. The van der Waals surface area contributed by atoms with Gasteiger partial charge >= 0.3 is 0 Å². The minimum atomic E-state index is -0.106. The monoisotopic (exact) mass is 614 g/mol. The molecule has 4 saturated heterocycles. The van der Waals surface area contributed by atoms with Crippen molar-refractivity contribution in [1.29, 1.82) is 0 Å². The highest BCUT2D eigenvalue weighted by molar-refractivity contribution is 5.26. The highest BCUT2D eigenvalue weighted by Gasteiger charge is 2.50. The zero-order valence-corrected chi connectivity index (χ0v) is 27.9. The molecule has 7 nitrogen and oxygen atoms in total. The van der Waals surface area contributed by atoms with E-state index in [1.54, 1.807) is 7.11 Å². The summed E-state index contributed by atoms with van der Waals surface area (Å²) in [6.07, 6.45) is 10.6. The fraction of sp³-hybridized carbons (Fsp3) is 0.784. The lowest BCUT2D eigenvalue weighted by Gasteiger charge is -2.51. The predicted octanol–water partition coefficient (Wildman–Crippen LogP) is 7.64. The van der Waals surface area contributed by atoms with E-state index in [4.69, 9.17) is 33.2 Å². The topological polar surface area (TPSA) is 64.6 Å². The standard InChI is InChI=1S/C37H58O7/c1-7-11-31-25(3)21-33-37(44-31)27(5)36(41-23-28-14-16-29(38-6)17-15-28)34(43-33)22-32-26(4)24(2)20-30(42-32)12-10-19-40-35-13-8-9-18-39-35/h14-17,24-25,27,30-37H,4,7-13,18-23H2,1-3,5-6H3/t24-,25-,27-,30+,31-,32?,33+,34+,35?,36-,37+/m1/s1. The van der Waals surface area contributed by atoms with Crippen molar-refractivity contribution in [3.8, 4) is 5.75 Å². The first-order valence-corrected chi connectivity index (χ1v) is 17.5. The summed E-state index contributed by atoms with van der Waals surface area (Å²) >= 11 is 0. The molecule has 2 unspecified atom stereocenters. The maximum atomic E-state index is 6.96. The Morgan fingerprint density at radius 2 is 1.75 bits per heavy atom. The number of methoxy groups -OCH3 is 1. The van der Waals surface area contributed by atoms with Crippen LogP contribution in [0.4, 0.5) is 0 Å². The van der Waals surface area contributed by atoms with E-state index < -0.39 is 0 Å². The quantitative estimate of drug-likeness (QED) is 0.167. The van der Waals surface area contributed by atoms with Crippen LogP contribution in [0, 0.1) is 17.8 Å². The maximum Gasteiger partial charge on any atom is 0.157 e. The number of hydrogen-bond donors (Lipinski definition) is 0. The molecule has 5 rings (SSSR count). The molecule has 248 valence electrons. The number of benzene rings is 1. The van der Waals surface area contributed by atoms with Crippen LogP contribution in [0.15, 0.2) is 36.4 Å². The van der Waals surface area contributed by atoms with Crippen LogP contribution in [0.1, 0.15) is 97.5 Å². The van der Waals surface area contributed by atoms with Crippen molar-refractivity contribution in [3.05, 3.63) is 42.0 Å². The SMILES string of the molecule is C=C1C(C[C@@H]2O[C@H]3C[C@@H](C)[C@@H](CCC)O[C@H]3[C@H](C)[C@H]2OCc2ccc(OC)cc2)O[C@@H](CCCOC2CCCCO2)C[C@H]1C. The van der Waals surface area contributed by atoms with E-state index in [9.17, 15) is 0 Å². The van der Waals surface area contributed by atoms with Crippen molar-refractivity contribution >= 4 is 0 Å². The van der Waals surface area contributed by atoms with Gasteiger partial charge in [0.2, 0.25) is 0 Å². The van der Waals surface area contributed by atoms with Crippen LogP contribution in [0.3, 0.4) is 0 Å². The van der Waals surface area contributed by atoms with E-state index >= 15 is 0 Å². The molecule has 4 aliphatic heterocycles. The molecule has 4 fully saturated rings. The van der Waals surface area contributed by atoms with Gasteiger partial charge in [-0.1, -0.05) is 52.8 Å². The molecule has 0 bridgehead atoms. The number of fused-ring (bicyclic) bond motifs is 1. The Hall–Kier alpha value is -1.48. The van der Waals surface area contributed by atoms with Crippen molar-refractivity contribution in [2.75, 3.05) is 20.3 Å². The average molecular weight is 615 g/mol. The normalized spacial score (nSPS) is 37.8. The zero-order chi connectivity index (χ0) is 31.1. The molecule has 44 heavy (non-hydrogen) atoms. The lowest BCUT2D eigenvalue weighted by Crippen LogP contribution is -2.59. The molecule has 1 aromatic carbocycles. The van der Waals surface area contributed by atoms with Gasteiger partial charge in [0.05, 0.1) is 56.4 Å². The van der Waals surface area contributed by atoms with Crippen LogP contribution in [0.2, 0.25) is 0 Å². The van der Waals surface area contributed by atoms with Crippen LogP contribution >= 0.6 is 0 Å². The third-order valence-electron chi connectivity index (χ3n) is 10.4. The second-order valence-corrected chi connectivity index (χ2v) is 13.8. The lowest BCUT2D eigenvalue weighted by atomic mass is 9.78. The number of ether oxygens (including phenoxy) is 7. The molecular formula is C37H58O7. The molecule has 4 aliphatic rings. The van der Waals surface area contributed by atoms with Crippen molar-refractivity contribution in [1.82, 2.24) is 0 Å². The molecule has 1 aromatic rings. The van der Waals surface area contributed by atoms with Crippen LogP contribution in [0.5, 0.6) is 5.75 Å². The van der Waals surface area contributed by atoms with Gasteiger partial charge in [-0.25, -0.2) is 0 Å². The van der Waals surface area contributed by atoms with Gasteiger partial charge < -0.3 is 33.2 Å². The minimum absolute atomic E-state index is 0.0321. The van der Waals surface area contributed by atoms with Gasteiger partial charge in [0, 0.05) is 25.6 Å². The van der Waals surface area contributed by atoms with Crippen LogP contribution in [-0.2, 0) is 35.0 Å². The Kier molecular flexibility index (Phi) is 12.6. The fourth-order valence-electron chi connectivity index (χ4n) is 7.71. The van der Waals surface area contributed by atoms with Crippen molar-refractivity contribution < 1.29 is 33.2 Å². The lowest BCUT2D eigenvalue weighted by molar-refractivity contribution is -0.269. The third kappa shape index (κ3) is 8.65. The summed E-state index contributed by atoms with van der Waals surface area (Å²) in [6, 6.07) is 8.12. The molecule has 0 N–H and O–H groups in total. The average Bonchev–Trinajstić information content (AvgIpc) is 3.03. The van der Waals surface area contributed by atoms with Crippen molar-refractivity contribution in [2.24, 2.45) is 17.8 Å². The molecule has 0 amide bonds. The summed E-state index contributed by atoms with van der Waals surface area (Å²) in [4.78, 5) is 0. The van der Waals surface area contributed by atoms with E-state index in [0.717, 1.165) is 82.3 Å². The van der Waals surface area contributed by atoms with E-state index in [-0.39, 0.29) is 54.9 Å². The summed E-state index contributed by atoms with van der Waals surface area (Å²) in [6.45, 7) is 15.7. The summed E-state index contributed by atoms with van der Waals surface area (Å²) in [5, 5.41) is 0. The van der Waals surface area contributed by atoms with Crippen molar-refractivity contribution in [2.45, 2.75) is 148 Å². The second-order valence-electron chi connectivity index (χ2n) is 13.8. The van der Waals surface area contributed by atoms with Gasteiger partial charge in [-0.05, 0) is 86.5 Å². The zero-order valence-electron chi connectivity index (χ0n) is 27.9. The molecule has 0 radical (unpaired) electrons. The summed E-state index contributed by atoms with van der Waals surface area (Å²) < 4.78 is 44.3. The van der Waals surface area contributed by atoms with Gasteiger partial charge in [0.15, 0.2) is 6.29 Å². The van der Waals surface area contributed by atoms with Gasteiger partial charge in [0.25, 0.3) is 0 Å². The van der Waals surface area contributed by atoms with Gasteiger partial charge in [-0.2, -0.15) is 0 Å². The van der Waals surface area contributed by atoms with E-state index in [0.29, 0.717) is 18.4 Å². The molecule has 11 atom stereocenters. The van der Waals surface area contributed by atoms with Crippen molar-refractivity contribution in [3.63, 3.8) is 0 Å². The minimum Gasteiger partial charge on any atom is -0.497 e. The molecule has 7 heteroatoms. The molecule has 4 heterocycles. The summed E-state index contributed by atoms with van der Waals surface area (Å²) in [5.41, 5.74) is 2.30. The second kappa shape index (κ2) is 16.4. The van der Waals surface area contributed by atoms with E-state index in [2.05, 4.69) is 46.4 Å². The molecule has 0 aromatic heterocycles. The van der Waals surface area contributed by atoms with Gasteiger partial charge in [0.1, 0.15) is 5.75 Å². The first-order chi connectivity index (χ1) is 21.4. The van der Waals surface area contributed by atoms with Crippen LogP contribution in [-0.4, -0.2) is 69.3 Å². The molecular weight excluding hydrogens is 556 g/mol. The Morgan fingerprint density at radius 3 is 2.48 bits per heavy atom. The maximum absolute atomic E-state index is 6.96. The smallest absolute Gasteiger partial charge is 0.157 e. The van der Waals surface area contributed by atoms with E-state index in [1.807, 2.05) is 12.1 Å². The molecule has 0 spiro atoms. The van der Waals surface area contributed by atoms with Gasteiger partial charge in [-0.15, -0.1) is 0 Å². The Morgan fingerprint density at radius 1 is 0.932 bits per heavy atom. The first-order valence-electron chi connectivity index (χ1n) is 17.5. The Labute approximate surface area is 266 Å². The highest BCUT2D eigenvalue weighted by atomic mass is 16.7. The van der Waals surface area contributed by atoms with Gasteiger partial charge in [-0.3, -0.25) is 0 Å². The molecule has 0 saturated carbocycles. The Balaban J connectivity index is 1.24. The summed E-state index contributed by atoms with van der Waals surface area (Å²) in [5.74, 6) is 1.93. The summed E-state index contributed by atoms with van der Waals surface area (Å²) in [7, 11) is 1.69. The largest absolute Gasteiger partial charge is 0.497 e. The highest BCUT2D eigenvalue weighted by Crippen LogP contribution is 2.42. The predicted molar refractivity (Wildman–Crippen MR) is 172 cm³/mol. The third-order valence-corrected chi connectivity index (χ3v) is 10.4. The molecule has 0 aliphatic carbocycles. The van der Waals surface area contributed by atoms with Crippen LogP contribution in [0.25, 0.3) is 0 Å². The first kappa shape index (κ1) is 33.9. The van der Waals surface area contributed by atoms with E-state index in [1.165, 1.54) is 12.0 Å². The fourth-order valence-corrected chi connectivity index (χ4v) is 7.71. The Bertz CT molecular complexity index is 1010. The van der Waals surface area contributed by atoms with Crippen LogP contribution < -0.4 is 4.74 Å². The number of rotatable bonds is 13.